The van der Waals surface area contributed by atoms with Crippen molar-refractivity contribution < 1.29 is 14.7 Å². The van der Waals surface area contributed by atoms with Crippen LogP contribution in [-0.4, -0.2) is 23.0 Å². The highest BCUT2D eigenvalue weighted by Crippen LogP contribution is 2.15. The van der Waals surface area contributed by atoms with Crippen molar-refractivity contribution in [1.29, 1.82) is 0 Å². The quantitative estimate of drug-likeness (QED) is 0.682. The molecule has 4 nitrogen and oxygen atoms in total. The summed E-state index contributed by atoms with van der Waals surface area (Å²) in [6.07, 6.45) is 1.77. The first-order chi connectivity index (χ1) is 6.51. The van der Waals surface area contributed by atoms with Gasteiger partial charge in [0.25, 0.3) is 0 Å². The molecule has 0 saturated carbocycles. The second-order valence-corrected chi connectivity index (χ2v) is 3.48. The zero-order chi connectivity index (χ0) is 11.1. The molecule has 82 valence electrons. The van der Waals surface area contributed by atoms with E-state index in [1.54, 1.807) is 0 Å². The molecule has 0 aliphatic heterocycles. The molecule has 0 aliphatic carbocycles. The minimum absolute atomic E-state index is 0.00588. The van der Waals surface area contributed by atoms with E-state index in [-0.39, 0.29) is 24.3 Å². The molecule has 0 saturated heterocycles. The number of rotatable bonds is 6. The third-order valence-electron chi connectivity index (χ3n) is 2.40. The average Bonchev–Trinajstić information content (AvgIpc) is 2.03. The van der Waals surface area contributed by atoms with E-state index in [0.29, 0.717) is 0 Å². The van der Waals surface area contributed by atoms with Gasteiger partial charge in [0.05, 0.1) is 6.42 Å². The van der Waals surface area contributed by atoms with Gasteiger partial charge >= 0.3 is 5.97 Å². The third-order valence-corrected chi connectivity index (χ3v) is 2.40. The molecule has 1 atom stereocenters. The maximum Gasteiger partial charge on any atom is 0.305 e. The molecule has 0 spiro atoms. The lowest BCUT2D eigenvalue weighted by atomic mass is 9.92. The summed E-state index contributed by atoms with van der Waals surface area (Å²) in [5, 5.41) is 11.4. The zero-order valence-corrected chi connectivity index (χ0v) is 9.04. The summed E-state index contributed by atoms with van der Waals surface area (Å²) < 4.78 is 0. The molecule has 0 aromatic heterocycles. The molecule has 0 aliphatic rings. The maximum atomic E-state index is 10.9. The molecule has 0 unspecified atom stereocenters. The monoisotopic (exact) mass is 201 g/mol. The molecule has 0 heterocycles. The fraction of sp³-hybridized carbons (Fsp3) is 0.800. The number of aliphatic carboxylic acids is 1. The molecule has 1 amide bonds. The van der Waals surface area contributed by atoms with Gasteiger partial charge in [-0.15, -0.1) is 0 Å². The predicted molar refractivity (Wildman–Crippen MR) is 53.9 cm³/mol. The predicted octanol–water partition coefficient (Wildman–Crippen LogP) is 1.40. The standard InChI is InChI=1S/C10H19NO3/c1-4-8(5-2)9(6-10(13)14)11-7(3)12/h8-9H,4-6H2,1-3H3,(H,11,12)(H,13,14)/t9-/m0/s1. The Labute approximate surface area is 84.7 Å². The van der Waals surface area contributed by atoms with Gasteiger partial charge in [-0.2, -0.15) is 0 Å². The zero-order valence-electron chi connectivity index (χ0n) is 9.04. The van der Waals surface area contributed by atoms with E-state index in [0.717, 1.165) is 12.8 Å². The molecular weight excluding hydrogens is 182 g/mol. The Balaban J connectivity index is 4.35. The van der Waals surface area contributed by atoms with Crippen LogP contribution in [0.25, 0.3) is 0 Å². The first kappa shape index (κ1) is 12.9. The van der Waals surface area contributed by atoms with Gasteiger partial charge in [-0.1, -0.05) is 26.7 Å². The van der Waals surface area contributed by atoms with Crippen molar-refractivity contribution in [3.63, 3.8) is 0 Å². The van der Waals surface area contributed by atoms with Crippen LogP contribution in [0.1, 0.15) is 40.0 Å². The Kier molecular flexibility index (Phi) is 5.92. The Hall–Kier alpha value is -1.06. The van der Waals surface area contributed by atoms with Crippen LogP contribution in [0.4, 0.5) is 0 Å². The Morgan fingerprint density at radius 2 is 1.79 bits per heavy atom. The second kappa shape index (κ2) is 6.40. The lowest BCUT2D eigenvalue weighted by Crippen LogP contribution is -2.40. The summed E-state index contributed by atoms with van der Waals surface area (Å²) in [5.74, 6) is -0.784. The second-order valence-electron chi connectivity index (χ2n) is 3.48. The average molecular weight is 201 g/mol. The molecule has 0 radical (unpaired) electrons. The molecule has 0 rings (SSSR count). The Morgan fingerprint density at radius 3 is 2.07 bits per heavy atom. The lowest BCUT2D eigenvalue weighted by molar-refractivity contribution is -0.138. The number of nitrogens with one attached hydrogen (secondary N) is 1. The van der Waals surface area contributed by atoms with Crippen LogP contribution in [0.2, 0.25) is 0 Å². The smallest absolute Gasteiger partial charge is 0.305 e. The van der Waals surface area contributed by atoms with Gasteiger partial charge in [0, 0.05) is 13.0 Å². The highest BCUT2D eigenvalue weighted by Gasteiger charge is 2.21. The van der Waals surface area contributed by atoms with Crippen LogP contribution in [0.5, 0.6) is 0 Å². The topological polar surface area (TPSA) is 66.4 Å². The van der Waals surface area contributed by atoms with Crippen LogP contribution >= 0.6 is 0 Å². The molecule has 0 aromatic carbocycles. The first-order valence-electron chi connectivity index (χ1n) is 5.00. The molecule has 0 aromatic rings. The number of carbonyl (C=O) groups is 2. The minimum Gasteiger partial charge on any atom is -0.481 e. The van der Waals surface area contributed by atoms with Crippen molar-refractivity contribution >= 4 is 11.9 Å². The van der Waals surface area contributed by atoms with Crippen LogP contribution in [-0.2, 0) is 9.59 Å². The summed E-state index contributed by atoms with van der Waals surface area (Å²) in [7, 11) is 0. The van der Waals surface area contributed by atoms with Crippen LogP contribution < -0.4 is 5.32 Å². The normalized spacial score (nSPS) is 12.6. The van der Waals surface area contributed by atoms with Gasteiger partial charge in [0.15, 0.2) is 0 Å². The van der Waals surface area contributed by atoms with Crippen LogP contribution in [0.3, 0.4) is 0 Å². The summed E-state index contributed by atoms with van der Waals surface area (Å²) in [6.45, 7) is 5.42. The van der Waals surface area contributed by atoms with Crippen molar-refractivity contribution in [3.8, 4) is 0 Å². The number of hydrogen-bond donors (Lipinski definition) is 2. The van der Waals surface area contributed by atoms with E-state index in [1.165, 1.54) is 6.92 Å². The van der Waals surface area contributed by atoms with Gasteiger partial charge in [0.1, 0.15) is 0 Å². The van der Waals surface area contributed by atoms with Crippen LogP contribution in [0.15, 0.2) is 0 Å². The van der Waals surface area contributed by atoms with Crippen molar-refractivity contribution in [3.05, 3.63) is 0 Å². The summed E-state index contributed by atoms with van der Waals surface area (Å²) in [4.78, 5) is 21.4. The fourth-order valence-electron chi connectivity index (χ4n) is 1.64. The molecule has 2 N–H and O–H groups in total. The lowest BCUT2D eigenvalue weighted by Gasteiger charge is -2.24. The number of carboxylic acid groups (broad SMARTS) is 1. The van der Waals surface area contributed by atoms with E-state index >= 15 is 0 Å². The molecule has 14 heavy (non-hydrogen) atoms. The fourth-order valence-corrected chi connectivity index (χ4v) is 1.64. The van der Waals surface area contributed by atoms with Crippen molar-refractivity contribution in [1.82, 2.24) is 5.32 Å². The van der Waals surface area contributed by atoms with Gasteiger partial charge in [0.2, 0.25) is 5.91 Å². The summed E-state index contributed by atoms with van der Waals surface area (Å²) >= 11 is 0. The molecule has 0 bridgehead atoms. The van der Waals surface area contributed by atoms with Crippen LogP contribution in [0, 0.1) is 5.92 Å². The van der Waals surface area contributed by atoms with Gasteiger partial charge in [-0.3, -0.25) is 9.59 Å². The van der Waals surface area contributed by atoms with Gasteiger partial charge in [-0.05, 0) is 5.92 Å². The Bertz CT molecular complexity index is 184. The maximum absolute atomic E-state index is 10.9. The van der Waals surface area contributed by atoms with Gasteiger partial charge in [-0.25, -0.2) is 0 Å². The van der Waals surface area contributed by atoms with E-state index in [4.69, 9.17) is 5.11 Å². The number of hydrogen-bond acceptors (Lipinski definition) is 2. The highest BCUT2D eigenvalue weighted by molar-refractivity contribution is 5.75. The molecule has 0 fully saturated rings. The first-order valence-corrected chi connectivity index (χ1v) is 5.00. The number of carboxylic acids is 1. The highest BCUT2D eigenvalue weighted by atomic mass is 16.4. The van der Waals surface area contributed by atoms with E-state index < -0.39 is 5.97 Å². The minimum atomic E-state index is -0.865. The molecule has 4 heteroatoms. The summed E-state index contributed by atoms with van der Waals surface area (Å²) in [5.41, 5.74) is 0. The summed E-state index contributed by atoms with van der Waals surface area (Å²) in [6, 6.07) is -0.236. The number of amides is 1. The Morgan fingerprint density at radius 1 is 1.29 bits per heavy atom. The van der Waals surface area contributed by atoms with E-state index in [9.17, 15) is 9.59 Å². The van der Waals surface area contributed by atoms with Gasteiger partial charge < -0.3 is 10.4 Å². The largest absolute Gasteiger partial charge is 0.481 e. The number of carbonyl (C=O) groups excluding carboxylic acids is 1. The van der Waals surface area contributed by atoms with Crippen molar-refractivity contribution in [2.45, 2.75) is 46.1 Å². The third kappa shape index (κ3) is 4.84. The van der Waals surface area contributed by atoms with E-state index in [1.807, 2.05) is 13.8 Å². The van der Waals surface area contributed by atoms with Crippen molar-refractivity contribution in [2.75, 3.05) is 0 Å². The van der Waals surface area contributed by atoms with E-state index in [2.05, 4.69) is 5.32 Å². The SMILES string of the molecule is CCC(CC)[C@H](CC(=O)O)NC(C)=O. The van der Waals surface area contributed by atoms with Crippen molar-refractivity contribution in [2.24, 2.45) is 5.92 Å². The molecular formula is C10H19NO3.